The van der Waals surface area contributed by atoms with Crippen molar-refractivity contribution < 1.29 is 4.79 Å². The molecule has 0 radical (unpaired) electrons. The molecule has 1 amide bonds. The maximum atomic E-state index is 11.8. The lowest BCUT2D eigenvalue weighted by molar-refractivity contribution is -0.129. The van der Waals surface area contributed by atoms with Gasteiger partial charge >= 0.3 is 0 Å². The molecule has 1 aromatic heterocycles. The first-order valence-electron chi connectivity index (χ1n) is 5.77. The van der Waals surface area contributed by atoms with Gasteiger partial charge in [0.15, 0.2) is 0 Å². The van der Waals surface area contributed by atoms with E-state index in [1.807, 2.05) is 17.9 Å². The van der Waals surface area contributed by atoms with Crippen molar-refractivity contribution in [3.05, 3.63) is 17.8 Å². The molecule has 1 aliphatic heterocycles. The van der Waals surface area contributed by atoms with Crippen LogP contribution in [0.5, 0.6) is 0 Å². The molecule has 6 heteroatoms. The summed E-state index contributed by atoms with van der Waals surface area (Å²) in [6.45, 7) is 5.52. The predicted octanol–water partition coefficient (Wildman–Crippen LogP) is -0.371. The Morgan fingerprint density at radius 1 is 1.53 bits per heavy atom. The van der Waals surface area contributed by atoms with Crippen LogP contribution in [-0.4, -0.2) is 53.7 Å². The molecule has 1 fully saturated rings. The number of hydrogen-bond acceptors (Lipinski definition) is 5. The molecule has 92 valence electrons. The topological polar surface area (TPSA) is 70.2 Å². The van der Waals surface area contributed by atoms with Gasteiger partial charge in [-0.2, -0.15) is 5.10 Å². The summed E-state index contributed by atoms with van der Waals surface area (Å²) in [7, 11) is 0. The van der Waals surface area contributed by atoms with Gasteiger partial charge in [0.05, 0.1) is 12.7 Å². The van der Waals surface area contributed by atoms with E-state index in [0.717, 1.165) is 31.7 Å². The molecule has 2 N–H and O–H groups in total. The normalized spacial score (nSPS) is 15.7. The van der Waals surface area contributed by atoms with E-state index in [9.17, 15) is 4.79 Å². The quantitative estimate of drug-likeness (QED) is 0.748. The number of nitrogens with zero attached hydrogens (tertiary/aromatic N) is 3. The van der Waals surface area contributed by atoms with E-state index in [2.05, 4.69) is 20.8 Å². The van der Waals surface area contributed by atoms with Gasteiger partial charge in [-0.15, -0.1) is 5.10 Å². The van der Waals surface area contributed by atoms with Crippen molar-refractivity contribution in [1.29, 1.82) is 0 Å². The fourth-order valence-corrected chi connectivity index (χ4v) is 1.74. The second kappa shape index (κ2) is 5.58. The van der Waals surface area contributed by atoms with Crippen molar-refractivity contribution in [1.82, 2.24) is 20.4 Å². The van der Waals surface area contributed by atoms with Crippen molar-refractivity contribution >= 4 is 11.7 Å². The molecule has 0 spiro atoms. The number of piperazine rings is 1. The van der Waals surface area contributed by atoms with Crippen LogP contribution in [0.4, 0.5) is 5.82 Å². The molecule has 0 aromatic carbocycles. The minimum atomic E-state index is 0.106. The zero-order valence-corrected chi connectivity index (χ0v) is 9.94. The van der Waals surface area contributed by atoms with Crippen LogP contribution in [0.15, 0.2) is 12.3 Å². The predicted molar refractivity (Wildman–Crippen MR) is 64.7 cm³/mol. The fourth-order valence-electron chi connectivity index (χ4n) is 1.74. The molecule has 0 saturated carbocycles. The Labute approximate surface area is 100 Å². The summed E-state index contributed by atoms with van der Waals surface area (Å²) >= 11 is 0. The van der Waals surface area contributed by atoms with Gasteiger partial charge in [-0.3, -0.25) is 4.79 Å². The highest BCUT2D eigenvalue weighted by Crippen LogP contribution is 2.03. The summed E-state index contributed by atoms with van der Waals surface area (Å²) in [6.07, 6.45) is 1.68. The number of aromatic nitrogens is 2. The van der Waals surface area contributed by atoms with Gasteiger partial charge in [0.2, 0.25) is 5.91 Å². The summed E-state index contributed by atoms with van der Waals surface area (Å²) < 4.78 is 0. The first kappa shape index (κ1) is 11.8. The van der Waals surface area contributed by atoms with Crippen molar-refractivity contribution in [2.75, 3.05) is 38.0 Å². The lowest BCUT2D eigenvalue weighted by Gasteiger charge is -2.27. The van der Waals surface area contributed by atoms with Gasteiger partial charge in [-0.05, 0) is 18.6 Å². The van der Waals surface area contributed by atoms with Crippen LogP contribution in [-0.2, 0) is 4.79 Å². The highest BCUT2D eigenvalue weighted by Gasteiger charge is 2.15. The molecule has 1 saturated heterocycles. The van der Waals surface area contributed by atoms with Crippen LogP contribution in [0.3, 0.4) is 0 Å². The number of carbonyl (C=O) groups excluding carboxylic acids is 1. The molecule has 0 atom stereocenters. The molecule has 2 rings (SSSR count). The minimum absolute atomic E-state index is 0.106. The summed E-state index contributed by atoms with van der Waals surface area (Å²) in [5.41, 5.74) is 1.03. The Kier molecular flexibility index (Phi) is 3.87. The third kappa shape index (κ3) is 3.39. The maximum absolute atomic E-state index is 11.8. The Balaban J connectivity index is 1.83. The van der Waals surface area contributed by atoms with Gasteiger partial charge in [-0.25, -0.2) is 0 Å². The lowest BCUT2D eigenvalue weighted by Crippen LogP contribution is -2.48. The number of carbonyl (C=O) groups is 1. The summed E-state index contributed by atoms with van der Waals surface area (Å²) in [6, 6.07) is 1.87. The molecular weight excluding hydrogens is 218 g/mol. The molecule has 6 nitrogen and oxygen atoms in total. The Morgan fingerprint density at radius 3 is 3.00 bits per heavy atom. The largest absolute Gasteiger partial charge is 0.360 e. The number of anilines is 1. The van der Waals surface area contributed by atoms with Crippen LogP contribution in [0.25, 0.3) is 0 Å². The van der Waals surface area contributed by atoms with Gasteiger partial charge < -0.3 is 15.5 Å². The molecule has 2 heterocycles. The lowest BCUT2D eigenvalue weighted by atomic mass is 10.3. The number of rotatable bonds is 3. The van der Waals surface area contributed by atoms with Crippen molar-refractivity contribution in [3.8, 4) is 0 Å². The average molecular weight is 235 g/mol. The third-order valence-electron chi connectivity index (χ3n) is 2.68. The monoisotopic (exact) mass is 235 g/mol. The Hall–Kier alpha value is -1.69. The SMILES string of the molecule is Cc1cnnc(NCC(=O)N2CCNCC2)c1. The van der Waals surface area contributed by atoms with Crippen LogP contribution >= 0.6 is 0 Å². The van der Waals surface area contributed by atoms with Gasteiger partial charge in [-0.1, -0.05) is 0 Å². The van der Waals surface area contributed by atoms with Crippen LogP contribution in [0, 0.1) is 6.92 Å². The van der Waals surface area contributed by atoms with Crippen LogP contribution in [0.2, 0.25) is 0 Å². The highest BCUT2D eigenvalue weighted by molar-refractivity contribution is 5.80. The van der Waals surface area contributed by atoms with Crippen LogP contribution < -0.4 is 10.6 Å². The average Bonchev–Trinajstić information content (AvgIpc) is 2.37. The van der Waals surface area contributed by atoms with E-state index in [-0.39, 0.29) is 12.5 Å². The van der Waals surface area contributed by atoms with Gasteiger partial charge in [0.25, 0.3) is 0 Å². The van der Waals surface area contributed by atoms with Gasteiger partial charge in [0.1, 0.15) is 5.82 Å². The summed E-state index contributed by atoms with van der Waals surface area (Å²) in [5.74, 6) is 0.753. The number of amides is 1. The van der Waals surface area contributed by atoms with E-state index < -0.39 is 0 Å². The first-order valence-corrected chi connectivity index (χ1v) is 5.77. The van der Waals surface area contributed by atoms with E-state index in [0.29, 0.717) is 5.82 Å². The van der Waals surface area contributed by atoms with Crippen molar-refractivity contribution in [3.63, 3.8) is 0 Å². The molecule has 1 aliphatic rings. The molecule has 0 aliphatic carbocycles. The van der Waals surface area contributed by atoms with Gasteiger partial charge in [0, 0.05) is 26.2 Å². The molecule has 1 aromatic rings. The fraction of sp³-hybridized carbons (Fsp3) is 0.545. The third-order valence-corrected chi connectivity index (χ3v) is 2.68. The van der Waals surface area contributed by atoms with E-state index in [4.69, 9.17) is 0 Å². The maximum Gasteiger partial charge on any atom is 0.242 e. The molecule has 0 unspecified atom stereocenters. The smallest absolute Gasteiger partial charge is 0.242 e. The van der Waals surface area contributed by atoms with E-state index in [1.165, 1.54) is 0 Å². The minimum Gasteiger partial charge on any atom is -0.360 e. The Bertz CT molecular complexity index is 389. The molecular formula is C11H17N5O. The zero-order chi connectivity index (χ0) is 12.1. The van der Waals surface area contributed by atoms with Crippen LogP contribution in [0.1, 0.15) is 5.56 Å². The molecule has 0 bridgehead atoms. The second-order valence-corrected chi connectivity index (χ2v) is 4.10. The number of nitrogens with one attached hydrogen (secondary N) is 2. The summed E-state index contributed by atoms with van der Waals surface area (Å²) in [4.78, 5) is 13.7. The van der Waals surface area contributed by atoms with E-state index in [1.54, 1.807) is 6.20 Å². The van der Waals surface area contributed by atoms with Crippen molar-refractivity contribution in [2.24, 2.45) is 0 Å². The highest BCUT2D eigenvalue weighted by atomic mass is 16.2. The standard InChI is InChI=1S/C11H17N5O/c1-9-6-10(15-14-7-9)13-8-11(17)16-4-2-12-3-5-16/h6-7,12H,2-5,8H2,1H3,(H,13,15). The Morgan fingerprint density at radius 2 is 2.29 bits per heavy atom. The second-order valence-electron chi connectivity index (χ2n) is 4.10. The zero-order valence-electron chi connectivity index (χ0n) is 9.94. The number of aryl methyl sites for hydroxylation is 1. The first-order chi connectivity index (χ1) is 8.25. The van der Waals surface area contributed by atoms with Crippen molar-refractivity contribution in [2.45, 2.75) is 6.92 Å². The molecule has 17 heavy (non-hydrogen) atoms. The number of hydrogen-bond donors (Lipinski definition) is 2. The summed E-state index contributed by atoms with van der Waals surface area (Å²) in [5, 5.41) is 14.0. The van der Waals surface area contributed by atoms with E-state index >= 15 is 0 Å².